The van der Waals surface area contributed by atoms with E-state index in [1.54, 1.807) is 14.2 Å². The zero-order chi connectivity index (χ0) is 13.2. The summed E-state index contributed by atoms with van der Waals surface area (Å²) in [6.07, 6.45) is -0.998. The number of methoxy groups -OCH3 is 1. The standard InChI is InChI=1S/C13H19NO3/c1-8-9(2)12(17-5)7-6-11(8)14(4)13(16)10(3)15/h6-7,10,15H,1-5H3. The number of benzene rings is 1. The SMILES string of the molecule is COc1ccc(N(C)C(=O)C(C)O)c(C)c1C. The lowest BCUT2D eigenvalue weighted by Crippen LogP contribution is -2.35. The number of nitrogens with zero attached hydrogens (tertiary/aromatic N) is 1. The van der Waals surface area contributed by atoms with Crippen LogP contribution in [0, 0.1) is 13.8 Å². The highest BCUT2D eigenvalue weighted by Gasteiger charge is 2.19. The lowest BCUT2D eigenvalue weighted by molar-refractivity contribution is -0.125. The fourth-order valence-corrected chi connectivity index (χ4v) is 1.76. The second kappa shape index (κ2) is 5.19. The fraction of sp³-hybridized carbons (Fsp3) is 0.462. The Morgan fingerprint density at radius 2 is 1.94 bits per heavy atom. The van der Waals surface area contributed by atoms with E-state index < -0.39 is 6.10 Å². The number of carbonyl (C=O) groups is 1. The largest absolute Gasteiger partial charge is 0.496 e. The van der Waals surface area contributed by atoms with Gasteiger partial charge in [-0.25, -0.2) is 0 Å². The Morgan fingerprint density at radius 3 is 2.41 bits per heavy atom. The molecule has 4 nitrogen and oxygen atoms in total. The van der Waals surface area contributed by atoms with Crippen molar-refractivity contribution in [2.45, 2.75) is 26.9 Å². The van der Waals surface area contributed by atoms with Crippen molar-refractivity contribution in [1.82, 2.24) is 0 Å². The summed E-state index contributed by atoms with van der Waals surface area (Å²) in [7, 11) is 3.27. The molecule has 0 fully saturated rings. The fourth-order valence-electron chi connectivity index (χ4n) is 1.76. The van der Waals surface area contributed by atoms with Gasteiger partial charge in [-0.15, -0.1) is 0 Å². The molecule has 0 aliphatic carbocycles. The van der Waals surface area contributed by atoms with E-state index in [-0.39, 0.29) is 5.91 Å². The molecule has 0 radical (unpaired) electrons. The van der Waals surface area contributed by atoms with Crippen molar-refractivity contribution in [2.75, 3.05) is 19.1 Å². The number of carbonyl (C=O) groups excluding carboxylic acids is 1. The van der Waals surface area contributed by atoms with Gasteiger partial charge in [0, 0.05) is 12.7 Å². The van der Waals surface area contributed by atoms with Gasteiger partial charge < -0.3 is 14.7 Å². The molecule has 1 rings (SSSR count). The highest BCUT2D eigenvalue weighted by Crippen LogP contribution is 2.29. The molecule has 4 heteroatoms. The maximum Gasteiger partial charge on any atom is 0.255 e. The summed E-state index contributed by atoms with van der Waals surface area (Å²) in [5.74, 6) is 0.474. The van der Waals surface area contributed by atoms with Crippen molar-refractivity contribution >= 4 is 11.6 Å². The summed E-state index contributed by atoms with van der Waals surface area (Å²) >= 11 is 0. The van der Waals surface area contributed by atoms with Gasteiger partial charge in [0.25, 0.3) is 5.91 Å². The third kappa shape index (κ3) is 2.58. The molecule has 0 aliphatic rings. The molecule has 1 amide bonds. The van der Waals surface area contributed by atoms with Crippen molar-refractivity contribution in [1.29, 1.82) is 0 Å². The highest BCUT2D eigenvalue weighted by atomic mass is 16.5. The minimum Gasteiger partial charge on any atom is -0.496 e. The lowest BCUT2D eigenvalue weighted by atomic mass is 10.1. The van der Waals surface area contributed by atoms with Gasteiger partial charge in [-0.2, -0.15) is 0 Å². The summed E-state index contributed by atoms with van der Waals surface area (Å²) in [6.45, 7) is 5.34. The predicted molar refractivity (Wildman–Crippen MR) is 67.6 cm³/mol. The van der Waals surface area contributed by atoms with Crippen LogP contribution in [0.25, 0.3) is 0 Å². The smallest absolute Gasteiger partial charge is 0.255 e. The highest BCUT2D eigenvalue weighted by molar-refractivity contribution is 5.96. The number of hydrogen-bond donors (Lipinski definition) is 1. The second-order valence-electron chi connectivity index (χ2n) is 4.11. The Balaban J connectivity index is 3.16. The average Bonchev–Trinajstić information content (AvgIpc) is 2.30. The van der Waals surface area contributed by atoms with E-state index in [4.69, 9.17) is 4.74 Å². The van der Waals surface area contributed by atoms with Crippen LogP contribution in [0.4, 0.5) is 5.69 Å². The van der Waals surface area contributed by atoms with Crippen LogP contribution in [0.15, 0.2) is 12.1 Å². The molecule has 1 N–H and O–H groups in total. The van der Waals surface area contributed by atoms with Gasteiger partial charge in [0.05, 0.1) is 7.11 Å². The zero-order valence-corrected chi connectivity index (χ0v) is 10.9. The van der Waals surface area contributed by atoms with Gasteiger partial charge >= 0.3 is 0 Å². The minimum absolute atomic E-state index is 0.322. The molecule has 0 saturated heterocycles. The number of hydrogen-bond acceptors (Lipinski definition) is 3. The monoisotopic (exact) mass is 237 g/mol. The Kier molecular flexibility index (Phi) is 4.12. The molecule has 0 heterocycles. The number of aliphatic hydroxyl groups is 1. The molecule has 0 saturated carbocycles. The molecule has 1 aromatic carbocycles. The molecule has 0 bridgehead atoms. The second-order valence-corrected chi connectivity index (χ2v) is 4.11. The third-order valence-electron chi connectivity index (χ3n) is 2.98. The van der Waals surface area contributed by atoms with Crippen molar-refractivity contribution in [3.8, 4) is 5.75 Å². The maximum absolute atomic E-state index is 11.7. The van der Waals surface area contributed by atoms with E-state index in [1.165, 1.54) is 11.8 Å². The number of aliphatic hydroxyl groups excluding tert-OH is 1. The van der Waals surface area contributed by atoms with E-state index in [0.29, 0.717) is 0 Å². The van der Waals surface area contributed by atoms with Gasteiger partial charge in [-0.1, -0.05) is 0 Å². The number of rotatable bonds is 3. The van der Waals surface area contributed by atoms with Gasteiger partial charge in [0.1, 0.15) is 11.9 Å². The van der Waals surface area contributed by atoms with Crippen LogP contribution in [0.1, 0.15) is 18.1 Å². The third-order valence-corrected chi connectivity index (χ3v) is 2.98. The van der Waals surface area contributed by atoms with E-state index >= 15 is 0 Å². The number of anilines is 1. The molecule has 0 aliphatic heterocycles. The van der Waals surface area contributed by atoms with Gasteiger partial charge in [0.2, 0.25) is 0 Å². The van der Waals surface area contributed by atoms with Crippen LogP contribution in [-0.2, 0) is 4.79 Å². The molecule has 1 unspecified atom stereocenters. The van der Waals surface area contributed by atoms with Gasteiger partial charge in [-0.3, -0.25) is 4.79 Å². The maximum atomic E-state index is 11.7. The van der Waals surface area contributed by atoms with E-state index in [0.717, 1.165) is 22.6 Å². The molecular weight excluding hydrogens is 218 g/mol. The minimum atomic E-state index is -0.998. The summed E-state index contributed by atoms with van der Waals surface area (Å²) in [6, 6.07) is 3.64. The number of likely N-dealkylation sites (N-methyl/N-ethyl adjacent to an activating group) is 1. The van der Waals surface area contributed by atoms with Crippen LogP contribution < -0.4 is 9.64 Å². The summed E-state index contributed by atoms with van der Waals surface area (Å²) in [5.41, 5.74) is 2.75. The van der Waals surface area contributed by atoms with E-state index in [1.807, 2.05) is 26.0 Å². The van der Waals surface area contributed by atoms with Gasteiger partial charge in [-0.05, 0) is 44.0 Å². The molecule has 1 atom stereocenters. The summed E-state index contributed by atoms with van der Waals surface area (Å²) in [4.78, 5) is 13.2. The van der Waals surface area contributed by atoms with Crippen molar-refractivity contribution < 1.29 is 14.6 Å². The Labute approximate surface area is 102 Å². The van der Waals surface area contributed by atoms with Crippen molar-refractivity contribution in [2.24, 2.45) is 0 Å². The topological polar surface area (TPSA) is 49.8 Å². The van der Waals surface area contributed by atoms with Crippen molar-refractivity contribution in [3.05, 3.63) is 23.3 Å². The van der Waals surface area contributed by atoms with Crippen LogP contribution >= 0.6 is 0 Å². The Hall–Kier alpha value is -1.55. The van der Waals surface area contributed by atoms with Crippen LogP contribution in [-0.4, -0.2) is 31.3 Å². The molecule has 1 aromatic rings. The number of ether oxygens (including phenoxy) is 1. The Morgan fingerprint density at radius 1 is 1.35 bits per heavy atom. The van der Waals surface area contributed by atoms with Crippen LogP contribution in [0.5, 0.6) is 5.75 Å². The molecular formula is C13H19NO3. The first-order chi connectivity index (χ1) is 7.90. The summed E-state index contributed by atoms with van der Waals surface area (Å²) < 4.78 is 5.22. The van der Waals surface area contributed by atoms with E-state index in [2.05, 4.69) is 0 Å². The quantitative estimate of drug-likeness (QED) is 0.869. The van der Waals surface area contributed by atoms with E-state index in [9.17, 15) is 9.90 Å². The zero-order valence-electron chi connectivity index (χ0n) is 10.9. The Bertz CT molecular complexity index is 427. The first-order valence-corrected chi connectivity index (χ1v) is 5.50. The number of amides is 1. The summed E-state index contributed by atoms with van der Waals surface area (Å²) in [5, 5.41) is 9.30. The van der Waals surface area contributed by atoms with Crippen molar-refractivity contribution in [3.63, 3.8) is 0 Å². The molecule has 94 valence electrons. The lowest BCUT2D eigenvalue weighted by Gasteiger charge is -2.22. The van der Waals surface area contributed by atoms with Crippen LogP contribution in [0.2, 0.25) is 0 Å². The normalized spacial score (nSPS) is 12.1. The molecule has 0 aromatic heterocycles. The first-order valence-electron chi connectivity index (χ1n) is 5.50. The average molecular weight is 237 g/mol. The predicted octanol–water partition coefficient (Wildman–Crippen LogP) is 1.66. The molecule has 17 heavy (non-hydrogen) atoms. The van der Waals surface area contributed by atoms with Gasteiger partial charge in [0.15, 0.2) is 0 Å². The van der Waals surface area contributed by atoms with Crippen LogP contribution in [0.3, 0.4) is 0 Å². The molecule has 0 spiro atoms. The first kappa shape index (κ1) is 13.5.